The minimum atomic E-state index is -0.684. The second-order valence-corrected chi connectivity index (χ2v) is 10.9. The molecule has 1 N–H and O–H groups in total. The van der Waals surface area contributed by atoms with Crippen molar-refractivity contribution in [2.75, 3.05) is 13.2 Å². The molecule has 0 aliphatic heterocycles. The SMILES string of the molecule is Cc1cc(C)c(C)c(OCC(=O)N(Cc2cccc(Br)c2)[C@H](Cc2ccccc2)C(=O)NCC(C)C)c1. The van der Waals surface area contributed by atoms with Gasteiger partial charge in [-0.15, -0.1) is 0 Å². The van der Waals surface area contributed by atoms with Crippen molar-refractivity contribution >= 4 is 27.7 Å². The summed E-state index contributed by atoms with van der Waals surface area (Å²) in [5.41, 5.74) is 5.12. The fourth-order valence-electron chi connectivity index (χ4n) is 4.18. The maximum atomic E-state index is 13.8. The lowest BCUT2D eigenvalue weighted by Gasteiger charge is -2.32. The number of carbonyl (C=O) groups excluding carboxylic acids is 2. The number of ether oxygens (including phenoxy) is 1. The van der Waals surface area contributed by atoms with Gasteiger partial charge in [0.2, 0.25) is 5.91 Å². The molecule has 3 aromatic carbocycles. The Hall–Kier alpha value is -3.12. The molecule has 6 heteroatoms. The highest BCUT2D eigenvalue weighted by molar-refractivity contribution is 9.10. The van der Waals surface area contributed by atoms with Gasteiger partial charge in [0.05, 0.1) is 0 Å². The molecule has 3 rings (SSSR count). The van der Waals surface area contributed by atoms with Crippen LogP contribution in [0.25, 0.3) is 0 Å². The van der Waals surface area contributed by atoms with E-state index >= 15 is 0 Å². The van der Waals surface area contributed by atoms with Crippen molar-refractivity contribution in [2.45, 2.75) is 53.6 Å². The van der Waals surface area contributed by atoms with Gasteiger partial charge in [-0.1, -0.05) is 78.3 Å². The van der Waals surface area contributed by atoms with Gasteiger partial charge in [-0.2, -0.15) is 0 Å². The zero-order valence-corrected chi connectivity index (χ0v) is 24.0. The van der Waals surface area contributed by atoms with Gasteiger partial charge in [-0.25, -0.2) is 0 Å². The molecular weight excluding hydrogens is 528 g/mol. The molecule has 0 saturated carbocycles. The van der Waals surface area contributed by atoms with Crippen LogP contribution in [0.1, 0.15) is 41.7 Å². The quantitative estimate of drug-likeness (QED) is 0.303. The van der Waals surface area contributed by atoms with E-state index < -0.39 is 6.04 Å². The van der Waals surface area contributed by atoms with Crippen molar-refractivity contribution < 1.29 is 14.3 Å². The van der Waals surface area contributed by atoms with Crippen LogP contribution in [0.2, 0.25) is 0 Å². The van der Waals surface area contributed by atoms with E-state index in [1.807, 2.05) is 81.4 Å². The van der Waals surface area contributed by atoms with Crippen LogP contribution in [0.15, 0.2) is 71.2 Å². The van der Waals surface area contributed by atoms with E-state index in [0.717, 1.165) is 32.3 Å². The summed E-state index contributed by atoms with van der Waals surface area (Å²) in [6.45, 7) is 10.8. The first-order chi connectivity index (χ1) is 17.6. The Bertz CT molecular complexity index is 1210. The van der Waals surface area contributed by atoms with Crippen molar-refractivity contribution in [1.82, 2.24) is 10.2 Å². The Labute approximate surface area is 229 Å². The van der Waals surface area contributed by atoms with Crippen molar-refractivity contribution in [3.05, 3.63) is 99.0 Å². The number of carbonyl (C=O) groups is 2. The number of halogens is 1. The highest BCUT2D eigenvalue weighted by Crippen LogP contribution is 2.24. The average molecular weight is 566 g/mol. The van der Waals surface area contributed by atoms with Crippen molar-refractivity contribution in [3.8, 4) is 5.75 Å². The number of hydrogen-bond donors (Lipinski definition) is 1. The summed E-state index contributed by atoms with van der Waals surface area (Å²) >= 11 is 3.53. The molecule has 0 fully saturated rings. The Morgan fingerprint density at radius 3 is 2.32 bits per heavy atom. The molecule has 37 heavy (non-hydrogen) atoms. The maximum absolute atomic E-state index is 13.8. The zero-order valence-electron chi connectivity index (χ0n) is 22.4. The van der Waals surface area contributed by atoms with Crippen LogP contribution >= 0.6 is 15.9 Å². The molecule has 2 amide bonds. The van der Waals surface area contributed by atoms with Gasteiger partial charge in [0.25, 0.3) is 5.91 Å². The fourth-order valence-corrected chi connectivity index (χ4v) is 4.63. The first-order valence-electron chi connectivity index (χ1n) is 12.7. The summed E-state index contributed by atoms with van der Waals surface area (Å²) in [5.74, 6) is 0.589. The standard InChI is InChI=1S/C31H37BrN2O3/c1-21(2)18-33-31(36)28(17-25-10-7-6-8-11-25)34(19-26-12-9-13-27(32)16-26)30(35)20-37-29-15-22(3)14-23(4)24(29)5/h6-16,21,28H,17-20H2,1-5H3,(H,33,36)/t28-/m1/s1. The number of amides is 2. The molecule has 5 nitrogen and oxygen atoms in total. The lowest BCUT2D eigenvalue weighted by atomic mass is 10.0. The van der Waals surface area contributed by atoms with Crippen LogP contribution in [0, 0.1) is 26.7 Å². The Morgan fingerprint density at radius 1 is 0.946 bits per heavy atom. The summed E-state index contributed by atoms with van der Waals surface area (Å²) in [6, 6.07) is 21.0. The molecule has 0 spiro atoms. The second-order valence-electron chi connectivity index (χ2n) is 9.99. The van der Waals surface area contributed by atoms with E-state index in [1.165, 1.54) is 0 Å². The summed E-state index contributed by atoms with van der Waals surface area (Å²) in [7, 11) is 0. The number of nitrogens with zero attached hydrogens (tertiary/aromatic N) is 1. The zero-order chi connectivity index (χ0) is 26.9. The van der Waals surface area contributed by atoms with Crippen LogP contribution in [-0.2, 0) is 22.6 Å². The first-order valence-corrected chi connectivity index (χ1v) is 13.5. The highest BCUT2D eigenvalue weighted by atomic mass is 79.9. The largest absolute Gasteiger partial charge is 0.483 e. The molecule has 196 valence electrons. The molecule has 0 saturated heterocycles. The molecule has 1 atom stereocenters. The van der Waals surface area contributed by atoms with Gasteiger partial charge in [0, 0.05) is 24.0 Å². The maximum Gasteiger partial charge on any atom is 0.261 e. The van der Waals surface area contributed by atoms with Crippen LogP contribution in [0.5, 0.6) is 5.75 Å². The summed E-state index contributed by atoms with van der Waals surface area (Å²) in [5, 5.41) is 3.05. The summed E-state index contributed by atoms with van der Waals surface area (Å²) < 4.78 is 6.97. The van der Waals surface area contributed by atoms with E-state index in [0.29, 0.717) is 31.2 Å². The van der Waals surface area contributed by atoms with Crippen molar-refractivity contribution in [2.24, 2.45) is 5.92 Å². The Kier molecular flexibility index (Phi) is 10.3. The van der Waals surface area contributed by atoms with Crippen LogP contribution in [0.3, 0.4) is 0 Å². The molecule has 0 aliphatic rings. The molecule has 3 aromatic rings. The number of aryl methyl sites for hydroxylation is 2. The molecule has 0 aromatic heterocycles. The van der Waals surface area contributed by atoms with Crippen LogP contribution < -0.4 is 10.1 Å². The van der Waals surface area contributed by atoms with E-state index in [2.05, 4.69) is 41.2 Å². The third kappa shape index (κ3) is 8.46. The molecule has 0 aliphatic carbocycles. The highest BCUT2D eigenvalue weighted by Gasteiger charge is 2.31. The molecular formula is C31H37BrN2O3. The van der Waals surface area contributed by atoms with Gasteiger partial charge in [-0.3, -0.25) is 9.59 Å². The van der Waals surface area contributed by atoms with Gasteiger partial charge in [-0.05, 0) is 72.7 Å². The van der Waals surface area contributed by atoms with Gasteiger partial charge < -0.3 is 15.0 Å². The van der Waals surface area contributed by atoms with E-state index in [-0.39, 0.29) is 18.4 Å². The third-order valence-corrected chi connectivity index (χ3v) is 6.81. The van der Waals surface area contributed by atoms with E-state index in [9.17, 15) is 9.59 Å². The van der Waals surface area contributed by atoms with Crippen LogP contribution in [0.4, 0.5) is 0 Å². The minimum Gasteiger partial charge on any atom is -0.483 e. The Morgan fingerprint density at radius 2 is 1.65 bits per heavy atom. The predicted octanol–water partition coefficient (Wildman–Crippen LogP) is 6.17. The molecule has 0 heterocycles. The van der Waals surface area contributed by atoms with Crippen molar-refractivity contribution in [1.29, 1.82) is 0 Å². The van der Waals surface area contributed by atoms with E-state index in [4.69, 9.17) is 4.74 Å². The summed E-state index contributed by atoms with van der Waals surface area (Å²) in [4.78, 5) is 28.9. The van der Waals surface area contributed by atoms with Crippen molar-refractivity contribution in [3.63, 3.8) is 0 Å². The Balaban J connectivity index is 1.93. The fraction of sp³-hybridized carbons (Fsp3) is 0.355. The molecule has 0 bridgehead atoms. The van der Waals surface area contributed by atoms with E-state index in [1.54, 1.807) is 4.90 Å². The second kappa shape index (κ2) is 13.4. The molecule has 0 unspecified atom stereocenters. The monoisotopic (exact) mass is 564 g/mol. The van der Waals surface area contributed by atoms with Gasteiger partial charge in [0.15, 0.2) is 6.61 Å². The number of nitrogens with one attached hydrogen (secondary N) is 1. The first kappa shape index (κ1) is 28.5. The summed E-state index contributed by atoms with van der Waals surface area (Å²) in [6.07, 6.45) is 0.410. The van der Waals surface area contributed by atoms with Gasteiger partial charge >= 0.3 is 0 Å². The minimum absolute atomic E-state index is 0.152. The number of hydrogen-bond acceptors (Lipinski definition) is 3. The average Bonchev–Trinajstić information content (AvgIpc) is 2.86. The van der Waals surface area contributed by atoms with Crippen LogP contribution in [-0.4, -0.2) is 35.9 Å². The number of benzene rings is 3. The lowest BCUT2D eigenvalue weighted by Crippen LogP contribution is -2.52. The predicted molar refractivity (Wildman–Crippen MR) is 153 cm³/mol. The lowest BCUT2D eigenvalue weighted by molar-refractivity contribution is -0.142. The van der Waals surface area contributed by atoms with Gasteiger partial charge in [0.1, 0.15) is 11.8 Å². The third-order valence-electron chi connectivity index (χ3n) is 6.31. The molecule has 0 radical (unpaired) electrons. The normalized spacial score (nSPS) is 11.8. The smallest absolute Gasteiger partial charge is 0.261 e. The number of rotatable bonds is 11. The topological polar surface area (TPSA) is 58.6 Å².